The minimum absolute atomic E-state index is 0.238. The summed E-state index contributed by atoms with van der Waals surface area (Å²) in [5.74, 6) is 0. The van der Waals surface area contributed by atoms with E-state index in [0.29, 0.717) is 0 Å². The Kier molecular flexibility index (Phi) is 5.41. The first kappa shape index (κ1) is 19.7. The third-order valence-corrected chi connectivity index (χ3v) is 10.2. The van der Waals surface area contributed by atoms with Gasteiger partial charge >= 0.3 is 0 Å². The van der Waals surface area contributed by atoms with Crippen molar-refractivity contribution in [3.8, 4) is 0 Å². The summed E-state index contributed by atoms with van der Waals surface area (Å²) >= 11 is 0. The van der Waals surface area contributed by atoms with Crippen LogP contribution >= 0.6 is 0 Å². The van der Waals surface area contributed by atoms with Gasteiger partial charge in [0.25, 0.3) is 0 Å². The molecule has 0 aromatic heterocycles. The van der Waals surface area contributed by atoms with Gasteiger partial charge in [-0.25, -0.2) is 0 Å². The lowest BCUT2D eigenvalue weighted by Crippen LogP contribution is -2.26. The van der Waals surface area contributed by atoms with Crippen molar-refractivity contribution in [3.63, 3.8) is 0 Å². The van der Waals surface area contributed by atoms with Gasteiger partial charge < -0.3 is 0 Å². The fourth-order valence-corrected chi connectivity index (χ4v) is 8.13. The van der Waals surface area contributed by atoms with E-state index in [4.69, 9.17) is 0 Å². The molecular formula is C29H26Si2. The second kappa shape index (κ2) is 8.50. The van der Waals surface area contributed by atoms with Gasteiger partial charge in [-0.2, -0.15) is 0 Å². The normalized spacial score (nSPS) is 15.5. The maximum Gasteiger partial charge on any atom is 0.0869 e. The first-order chi connectivity index (χ1) is 15.3. The number of hydrogen-bond acceptors (Lipinski definition) is 0. The Bertz CT molecular complexity index is 1190. The monoisotopic (exact) mass is 430 g/mol. The minimum Gasteiger partial charge on any atom is -0.0667 e. The summed E-state index contributed by atoms with van der Waals surface area (Å²) in [7, 11) is 0.475. The molecule has 0 nitrogen and oxygen atoms in total. The fraction of sp³-hybridized carbons (Fsp3) is 0.0345. The molecule has 0 spiro atoms. The van der Waals surface area contributed by atoms with Crippen LogP contribution in [0.5, 0.6) is 0 Å². The maximum absolute atomic E-state index is 2.61. The smallest absolute Gasteiger partial charge is 0.0667 e. The van der Waals surface area contributed by atoms with Gasteiger partial charge in [0.05, 0.1) is 14.9 Å². The van der Waals surface area contributed by atoms with Gasteiger partial charge in [0.2, 0.25) is 0 Å². The maximum atomic E-state index is 2.61. The van der Waals surface area contributed by atoms with E-state index in [1.165, 1.54) is 27.5 Å². The summed E-state index contributed by atoms with van der Waals surface area (Å²) in [4.78, 5) is 0. The van der Waals surface area contributed by atoms with Crippen LogP contribution in [0, 0.1) is 0 Å². The van der Waals surface area contributed by atoms with Gasteiger partial charge in [-0.15, -0.1) is 0 Å². The first-order valence-corrected chi connectivity index (χ1v) is 13.3. The third-order valence-electron chi connectivity index (χ3n) is 6.40. The van der Waals surface area contributed by atoms with Gasteiger partial charge in [0.15, 0.2) is 0 Å². The molecule has 1 aliphatic rings. The molecule has 0 saturated heterocycles. The fourth-order valence-electron chi connectivity index (χ4n) is 4.97. The van der Waals surface area contributed by atoms with Crippen LogP contribution in [-0.2, 0) is 5.41 Å². The molecule has 0 amide bonds. The Labute approximate surface area is 190 Å². The van der Waals surface area contributed by atoms with E-state index in [-0.39, 0.29) is 5.41 Å². The summed E-state index contributed by atoms with van der Waals surface area (Å²) in [6, 6.07) is 44.2. The number of allylic oxidation sites excluding steroid dienone is 4. The zero-order valence-electron chi connectivity index (χ0n) is 17.8. The van der Waals surface area contributed by atoms with E-state index in [0.717, 1.165) is 10.2 Å². The summed E-state index contributed by atoms with van der Waals surface area (Å²) < 4.78 is 0. The molecule has 0 heterocycles. The standard InChI is InChI=1S/C29H26Si2/c30-28-26(31-25-19-11-4-12-20-25)21-29(23-15-7-2-8-16-23,24-17-9-3-10-18-24)27(28)22-13-5-1-6-14-22/h1-21H,31H2,30H3. The van der Waals surface area contributed by atoms with Crippen LogP contribution < -0.4 is 5.19 Å². The lowest BCUT2D eigenvalue weighted by molar-refractivity contribution is 0.849. The number of hydrogen-bond donors (Lipinski definition) is 0. The quantitative estimate of drug-likeness (QED) is 0.418. The second-order valence-electron chi connectivity index (χ2n) is 8.24. The lowest BCUT2D eigenvalue weighted by atomic mass is 9.69. The van der Waals surface area contributed by atoms with Crippen molar-refractivity contribution in [1.82, 2.24) is 0 Å². The van der Waals surface area contributed by atoms with Crippen LogP contribution in [-0.4, -0.2) is 19.8 Å². The van der Waals surface area contributed by atoms with Gasteiger partial charge in [-0.05, 0) is 22.3 Å². The van der Waals surface area contributed by atoms with Gasteiger partial charge in [-0.1, -0.05) is 143 Å². The molecule has 0 unspecified atom stereocenters. The molecule has 4 aromatic carbocycles. The second-order valence-corrected chi connectivity index (χ2v) is 11.2. The van der Waals surface area contributed by atoms with Crippen molar-refractivity contribution in [2.75, 3.05) is 0 Å². The van der Waals surface area contributed by atoms with Crippen LogP contribution in [0.4, 0.5) is 0 Å². The van der Waals surface area contributed by atoms with Crippen molar-refractivity contribution in [1.29, 1.82) is 0 Å². The Morgan fingerprint density at radius 1 is 0.548 bits per heavy atom. The predicted molar refractivity (Wildman–Crippen MR) is 140 cm³/mol. The van der Waals surface area contributed by atoms with Crippen LogP contribution in [0.15, 0.2) is 138 Å². The summed E-state index contributed by atoms with van der Waals surface area (Å²) in [5.41, 5.74) is 5.29. The van der Waals surface area contributed by atoms with E-state index in [1.54, 1.807) is 10.4 Å². The zero-order valence-corrected chi connectivity index (χ0v) is 21.2. The molecule has 31 heavy (non-hydrogen) atoms. The number of rotatable bonds is 5. The van der Waals surface area contributed by atoms with Gasteiger partial charge in [-0.3, -0.25) is 0 Å². The molecular weight excluding hydrogens is 404 g/mol. The molecule has 1 aliphatic carbocycles. The largest absolute Gasteiger partial charge is 0.0869 e. The summed E-state index contributed by atoms with van der Waals surface area (Å²) in [6.07, 6.45) is 2.61. The number of benzene rings is 4. The molecule has 5 rings (SSSR count). The molecule has 0 atom stereocenters. The van der Waals surface area contributed by atoms with Crippen molar-refractivity contribution in [3.05, 3.63) is 154 Å². The van der Waals surface area contributed by atoms with E-state index < -0.39 is 9.52 Å². The Hall–Kier alpha value is -3.21. The molecule has 0 bridgehead atoms. The van der Waals surface area contributed by atoms with E-state index in [2.05, 4.69) is 127 Å². The SMILES string of the molecule is [SiH3]C1=C(c2ccccc2)C(c2ccccc2)(c2ccccc2)C=C1[SiH2]c1ccccc1. The summed E-state index contributed by atoms with van der Waals surface area (Å²) in [5, 5.41) is 4.69. The molecule has 0 N–H and O–H groups in total. The first-order valence-electron chi connectivity index (χ1n) is 10.9. The van der Waals surface area contributed by atoms with Crippen LogP contribution in [0.1, 0.15) is 16.7 Å². The third kappa shape index (κ3) is 3.58. The van der Waals surface area contributed by atoms with Gasteiger partial charge in [0, 0.05) is 10.2 Å². The summed E-state index contributed by atoms with van der Waals surface area (Å²) in [6.45, 7) is 0. The van der Waals surface area contributed by atoms with E-state index in [1.807, 2.05) is 0 Å². The van der Waals surface area contributed by atoms with E-state index >= 15 is 0 Å². The van der Waals surface area contributed by atoms with Gasteiger partial charge in [0.1, 0.15) is 0 Å². The van der Waals surface area contributed by atoms with Crippen LogP contribution in [0.25, 0.3) is 5.57 Å². The molecule has 0 saturated carbocycles. The van der Waals surface area contributed by atoms with Crippen molar-refractivity contribution >= 4 is 30.5 Å². The van der Waals surface area contributed by atoms with Crippen molar-refractivity contribution in [2.45, 2.75) is 5.41 Å². The molecule has 0 fully saturated rings. The highest BCUT2D eigenvalue weighted by Crippen LogP contribution is 2.51. The highest BCUT2D eigenvalue weighted by atomic mass is 28.2. The molecule has 2 heteroatoms. The van der Waals surface area contributed by atoms with Crippen LogP contribution in [0.3, 0.4) is 0 Å². The van der Waals surface area contributed by atoms with Crippen molar-refractivity contribution in [2.24, 2.45) is 0 Å². The average Bonchev–Trinajstić information content (AvgIpc) is 3.14. The molecule has 0 aliphatic heterocycles. The topological polar surface area (TPSA) is 0 Å². The average molecular weight is 431 g/mol. The lowest BCUT2D eigenvalue weighted by Gasteiger charge is -2.33. The van der Waals surface area contributed by atoms with Crippen molar-refractivity contribution < 1.29 is 0 Å². The van der Waals surface area contributed by atoms with Crippen LogP contribution in [0.2, 0.25) is 0 Å². The highest BCUT2D eigenvalue weighted by molar-refractivity contribution is 6.65. The minimum atomic E-state index is -0.560. The molecule has 4 aromatic rings. The Morgan fingerprint density at radius 2 is 1.00 bits per heavy atom. The zero-order chi connectivity index (χ0) is 21.1. The predicted octanol–water partition coefficient (Wildman–Crippen LogP) is 4.14. The Balaban J connectivity index is 1.79. The van der Waals surface area contributed by atoms with E-state index in [9.17, 15) is 0 Å². The molecule has 150 valence electrons. The highest BCUT2D eigenvalue weighted by Gasteiger charge is 2.42. The Morgan fingerprint density at radius 3 is 1.52 bits per heavy atom. The molecule has 0 radical (unpaired) electrons.